The minimum Gasteiger partial charge on any atom is -0.449 e. The quantitative estimate of drug-likeness (QED) is 0.564. The number of nitrogens with one attached hydrogen (secondary N) is 1. The molecule has 1 spiro atoms. The lowest BCUT2D eigenvalue weighted by Gasteiger charge is -2.33. The number of ether oxygens (including phenoxy) is 1. The van der Waals surface area contributed by atoms with Gasteiger partial charge in [0.1, 0.15) is 5.66 Å². The van der Waals surface area contributed by atoms with Crippen LogP contribution >= 0.6 is 0 Å². The molecular weight excluding hydrogens is 370 g/mol. The van der Waals surface area contributed by atoms with Crippen molar-refractivity contribution in [2.24, 2.45) is 17.1 Å². The Hall–Kier alpha value is -2.57. The Morgan fingerprint density at radius 3 is 2.52 bits per heavy atom. The highest BCUT2D eigenvalue weighted by Crippen LogP contribution is 2.54. The Morgan fingerprint density at radius 2 is 1.90 bits per heavy atom. The van der Waals surface area contributed by atoms with Crippen molar-refractivity contribution < 1.29 is 19.1 Å². The van der Waals surface area contributed by atoms with E-state index in [1.165, 1.54) is 0 Å². The number of alkyl carbamates (subject to hydrolysis) is 1. The van der Waals surface area contributed by atoms with Gasteiger partial charge in [0, 0.05) is 11.3 Å². The summed E-state index contributed by atoms with van der Waals surface area (Å²) in [5.74, 6) is -0.975. The van der Waals surface area contributed by atoms with Crippen LogP contribution in [0.4, 0.5) is 4.79 Å². The van der Waals surface area contributed by atoms with Gasteiger partial charge in [0.25, 0.3) is 5.91 Å². The van der Waals surface area contributed by atoms with E-state index in [9.17, 15) is 14.4 Å². The summed E-state index contributed by atoms with van der Waals surface area (Å²) in [6.07, 6.45) is 3.33. The molecule has 3 N–H and O–H groups in total. The Bertz CT molecular complexity index is 822. The first-order valence-electron chi connectivity index (χ1n) is 10.3. The number of hydrogen-bond acceptors (Lipinski definition) is 4. The molecule has 2 fully saturated rings. The number of carbonyl (C=O) groups excluding carboxylic acids is 3. The number of primary amides is 1. The first-order valence-corrected chi connectivity index (χ1v) is 10.3. The SMILES string of the molecule is CCCCCC1N(C(=O)c2ccccc2C(N)=O)[C@]12NC(=O)OCC(C)(C)[C@@H]2C. The van der Waals surface area contributed by atoms with Gasteiger partial charge in [-0.2, -0.15) is 0 Å². The van der Waals surface area contributed by atoms with Gasteiger partial charge in [0.15, 0.2) is 0 Å². The van der Waals surface area contributed by atoms with E-state index in [2.05, 4.69) is 19.2 Å². The lowest BCUT2D eigenvalue weighted by atomic mass is 9.74. The smallest absolute Gasteiger partial charge is 0.409 e. The Morgan fingerprint density at radius 1 is 1.24 bits per heavy atom. The van der Waals surface area contributed by atoms with E-state index < -0.39 is 17.7 Å². The highest BCUT2D eigenvalue weighted by molar-refractivity contribution is 6.08. The molecule has 158 valence electrons. The molecule has 2 heterocycles. The van der Waals surface area contributed by atoms with Crippen molar-refractivity contribution >= 4 is 17.9 Å². The van der Waals surface area contributed by atoms with E-state index >= 15 is 0 Å². The largest absolute Gasteiger partial charge is 0.449 e. The highest BCUT2D eigenvalue weighted by Gasteiger charge is 2.71. The molecule has 0 bridgehead atoms. The van der Waals surface area contributed by atoms with Gasteiger partial charge < -0.3 is 15.4 Å². The maximum Gasteiger partial charge on any atom is 0.409 e. The topological polar surface area (TPSA) is 101 Å². The Balaban J connectivity index is 2.02. The standard InChI is InChI=1S/C22H31N3O4/c1-5-6-7-12-17-22(14(2)21(3,4)13-29-20(28)24-22)25(17)19(27)16-11-9-8-10-15(16)18(23)26/h8-11,14,17H,5-7,12-13H2,1-4H3,(H2,23,26)(H,24,28)/t14-,17?,22-,25?/m0/s1. The zero-order chi connectivity index (χ0) is 21.4. The van der Waals surface area contributed by atoms with Crippen LogP contribution in [0.25, 0.3) is 0 Å². The number of benzene rings is 1. The van der Waals surface area contributed by atoms with Gasteiger partial charge in [0.05, 0.1) is 23.8 Å². The number of hydrogen-bond donors (Lipinski definition) is 2. The van der Waals surface area contributed by atoms with Crippen molar-refractivity contribution in [2.75, 3.05) is 6.61 Å². The van der Waals surface area contributed by atoms with Crippen LogP contribution in [0.2, 0.25) is 0 Å². The molecule has 29 heavy (non-hydrogen) atoms. The van der Waals surface area contributed by atoms with Gasteiger partial charge in [-0.25, -0.2) is 4.79 Å². The molecule has 0 saturated carbocycles. The van der Waals surface area contributed by atoms with Crippen molar-refractivity contribution in [1.82, 2.24) is 10.2 Å². The predicted molar refractivity (Wildman–Crippen MR) is 109 cm³/mol. The van der Waals surface area contributed by atoms with Crippen LogP contribution < -0.4 is 11.1 Å². The molecule has 2 aliphatic rings. The molecule has 2 saturated heterocycles. The van der Waals surface area contributed by atoms with E-state index in [1.807, 2.05) is 13.8 Å². The molecule has 2 aliphatic heterocycles. The summed E-state index contributed by atoms with van der Waals surface area (Å²) >= 11 is 0. The maximum atomic E-state index is 13.6. The van der Waals surface area contributed by atoms with Gasteiger partial charge in [0.2, 0.25) is 5.91 Å². The molecule has 1 aromatic carbocycles. The molecule has 7 heteroatoms. The van der Waals surface area contributed by atoms with Crippen molar-refractivity contribution in [3.8, 4) is 0 Å². The zero-order valence-electron chi connectivity index (χ0n) is 17.7. The minimum absolute atomic E-state index is 0.0437. The highest BCUT2D eigenvalue weighted by atomic mass is 16.6. The summed E-state index contributed by atoms with van der Waals surface area (Å²) in [5.41, 5.74) is 4.80. The fraction of sp³-hybridized carbons (Fsp3) is 0.591. The van der Waals surface area contributed by atoms with Crippen LogP contribution in [0.3, 0.4) is 0 Å². The molecule has 0 radical (unpaired) electrons. The van der Waals surface area contributed by atoms with Gasteiger partial charge in [-0.15, -0.1) is 0 Å². The second-order valence-corrected chi connectivity index (χ2v) is 8.83. The van der Waals surface area contributed by atoms with Gasteiger partial charge in [-0.1, -0.05) is 59.1 Å². The fourth-order valence-electron chi connectivity index (χ4n) is 4.55. The first kappa shape index (κ1) is 21.1. The van der Waals surface area contributed by atoms with Crippen molar-refractivity contribution in [3.05, 3.63) is 35.4 Å². The summed E-state index contributed by atoms with van der Waals surface area (Å²) in [5, 5.41) is 2.99. The fourth-order valence-corrected chi connectivity index (χ4v) is 4.55. The van der Waals surface area contributed by atoms with Gasteiger partial charge in [-0.3, -0.25) is 14.9 Å². The normalized spacial score (nSPS) is 27.7. The van der Waals surface area contributed by atoms with Crippen LogP contribution in [-0.2, 0) is 4.74 Å². The van der Waals surface area contributed by atoms with E-state index in [0.29, 0.717) is 0 Å². The Kier molecular flexibility index (Phi) is 5.61. The first-order chi connectivity index (χ1) is 13.7. The maximum absolute atomic E-state index is 13.6. The lowest BCUT2D eigenvalue weighted by Crippen LogP contribution is -2.49. The number of carbonyl (C=O) groups is 3. The van der Waals surface area contributed by atoms with Crippen LogP contribution in [0.5, 0.6) is 0 Å². The summed E-state index contributed by atoms with van der Waals surface area (Å²) in [7, 11) is 0. The summed E-state index contributed by atoms with van der Waals surface area (Å²) in [4.78, 5) is 39.5. The molecule has 3 atom stereocenters. The third kappa shape index (κ3) is 3.58. The van der Waals surface area contributed by atoms with Crippen molar-refractivity contribution in [2.45, 2.75) is 65.1 Å². The molecule has 7 nitrogen and oxygen atoms in total. The number of nitrogens with two attached hydrogens (primary N) is 1. The number of nitrogens with zero attached hydrogens (tertiary/aromatic N) is 1. The number of amides is 3. The van der Waals surface area contributed by atoms with Crippen molar-refractivity contribution in [3.63, 3.8) is 0 Å². The van der Waals surface area contributed by atoms with Crippen molar-refractivity contribution in [1.29, 1.82) is 0 Å². The van der Waals surface area contributed by atoms with Crippen LogP contribution in [0, 0.1) is 11.3 Å². The summed E-state index contributed by atoms with van der Waals surface area (Å²) < 4.78 is 5.37. The van der Waals surface area contributed by atoms with E-state index in [1.54, 1.807) is 29.2 Å². The Labute approximate surface area is 172 Å². The van der Waals surface area contributed by atoms with Gasteiger partial charge >= 0.3 is 6.09 Å². The minimum atomic E-state index is -0.827. The molecule has 0 aliphatic carbocycles. The second kappa shape index (κ2) is 7.69. The summed E-state index contributed by atoms with van der Waals surface area (Å²) in [6, 6.07) is 6.41. The van der Waals surface area contributed by atoms with E-state index in [-0.39, 0.29) is 41.0 Å². The number of rotatable bonds is 6. The van der Waals surface area contributed by atoms with E-state index in [4.69, 9.17) is 10.5 Å². The molecule has 3 rings (SSSR count). The monoisotopic (exact) mass is 401 g/mol. The zero-order valence-corrected chi connectivity index (χ0v) is 17.7. The van der Waals surface area contributed by atoms with Crippen LogP contribution in [0.1, 0.15) is 74.1 Å². The molecular formula is C22H31N3O4. The molecule has 1 aromatic rings. The van der Waals surface area contributed by atoms with E-state index in [0.717, 1.165) is 25.7 Å². The summed E-state index contributed by atoms with van der Waals surface area (Å²) in [6.45, 7) is 8.54. The predicted octanol–water partition coefficient (Wildman–Crippen LogP) is 3.29. The lowest BCUT2D eigenvalue weighted by molar-refractivity contribution is 0.0706. The molecule has 1 unspecified atom stereocenters. The molecule has 3 amide bonds. The van der Waals surface area contributed by atoms with Gasteiger partial charge in [-0.05, 0) is 18.6 Å². The van der Waals surface area contributed by atoms with Crippen LogP contribution in [0.15, 0.2) is 24.3 Å². The third-order valence-electron chi connectivity index (χ3n) is 6.58. The number of unbranched alkanes of at least 4 members (excludes halogenated alkanes) is 2. The second-order valence-electron chi connectivity index (χ2n) is 8.83. The number of cyclic esters (lactones) is 1. The molecule has 0 aromatic heterocycles. The third-order valence-corrected chi connectivity index (χ3v) is 6.58. The average Bonchev–Trinajstić information content (AvgIpc) is 3.33. The average molecular weight is 402 g/mol. The van der Waals surface area contributed by atoms with Crippen LogP contribution in [-0.4, -0.2) is 41.1 Å².